The Morgan fingerprint density at radius 1 is 1.22 bits per heavy atom. The number of hydrogen-bond acceptors (Lipinski definition) is 6. The minimum atomic E-state index is -5.00. The Hall–Kier alpha value is -2.21. The molecule has 2 saturated carbocycles. The summed E-state index contributed by atoms with van der Waals surface area (Å²) >= 11 is 0. The minimum Gasteiger partial charge on any atom is -0.368 e. The Morgan fingerprint density at radius 2 is 2.00 bits per heavy atom. The van der Waals surface area contributed by atoms with E-state index in [2.05, 4.69) is 15.4 Å². The largest absolute Gasteiger partial charge is 0.522 e. The lowest BCUT2D eigenvalue weighted by atomic mass is 9.92. The predicted octanol–water partition coefficient (Wildman–Crippen LogP) is 1.30. The summed E-state index contributed by atoms with van der Waals surface area (Å²) in [6.07, 6.45) is -0.0383. The number of nitrogens with zero attached hydrogens (tertiary/aromatic N) is 1. The van der Waals surface area contributed by atoms with E-state index < -0.39 is 48.8 Å². The number of carbonyl (C=O) groups excluding carboxylic acids is 4. The van der Waals surface area contributed by atoms with Crippen molar-refractivity contribution in [3.8, 4) is 0 Å². The van der Waals surface area contributed by atoms with E-state index in [0.29, 0.717) is 32.5 Å². The Morgan fingerprint density at radius 3 is 2.64 bits per heavy atom. The highest BCUT2D eigenvalue weighted by molar-refractivity contribution is 5.95. The average molecular weight is 516 g/mol. The van der Waals surface area contributed by atoms with Gasteiger partial charge in [0.15, 0.2) is 5.78 Å². The molecule has 0 aromatic carbocycles. The zero-order chi connectivity index (χ0) is 25.7. The summed E-state index contributed by atoms with van der Waals surface area (Å²) < 4.78 is 47.2. The van der Waals surface area contributed by atoms with E-state index in [-0.39, 0.29) is 35.5 Å². The first kappa shape index (κ1) is 25.4. The van der Waals surface area contributed by atoms with Crippen LogP contribution in [0.5, 0.6) is 0 Å². The van der Waals surface area contributed by atoms with Gasteiger partial charge in [-0.05, 0) is 62.2 Å². The van der Waals surface area contributed by atoms with Crippen molar-refractivity contribution in [3.63, 3.8) is 0 Å². The molecule has 5 fully saturated rings. The molecule has 5 rings (SSSR count). The van der Waals surface area contributed by atoms with E-state index in [1.54, 1.807) is 4.90 Å². The second-order valence-corrected chi connectivity index (χ2v) is 11.1. The van der Waals surface area contributed by atoms with Crippen molar-refractivity contribution in [3.05, 3.63) is 0 Å². The first-order chi connectivity index (χ1) is 17.1. The highest BCUT2D eigenvalue weighted by Gasteiger charge is 2.55. The first-order valence-electron chi connectivity index (χ1n) is 12.8. The highest BCUT2D eigenvalue weighted by atomic mass is 19.4. The molecule has 3 amide bonds. The second kappa shape index (κ2) is 9.59. The monoisotopic (exact) mass is 515 g/mol. The van der Waals surface area contributed by atoms with Crippen molar-refractivity contribution in [1.29, 1.82) is 0 Å². The molecule has 0 radical (unpaired) electrons. The molecule has 3 saturated heterocycles. The highest BCUT2D eigenvalue weighted by Crippen LogP contribution is 2.54. The molecule has 0 bridgehead atoms. The third-order valence-electron chi connectivity index (χ3n) is 8.65. The lowest BCUT2D eigenvalue weighted by molar-refractivity contribution is -0.321. The van der Waals surface area contributed by atoms with Crippen LogP contribution in [-0.4, -0.2) is 79.3 Å². The molecule has 1 spiro atoms. The molecule has 9 nitrogen and oxygen atoms in total. The van der Waals surface area contributed by atoms with Crippen LogP contribution in [0.1, 0.15) is 51.4 Å². The van der Waals surface area contributed by atoms with E-state index >= 15 is 0 Å². The number of ketones is 1. The van der Waals surface area contributed by atoms with Crippen LogP contribution in [0.3, 0.4) is 0 Å². The van der Waals surface area contributed by atoms with Crippen molar-refractivity contribution >= 4 is 23.5 Å². The number of rotatable bonds is 8. The maximum Gasteiger partial charge on any atom is 0.522 e. The van der Waals surface area contributed by atoms with Gasteiger partial charge in [-0.2, -0.15) is 0 Å². The zero-order valence-electron chi connectivity index (χ0n) is 20.0. The molecule has 2 aliphatic carbocycles. The van der Waals surface area contributed by atoms with Gasteiger partial charge in [-0.25, -0.2) is 0 Å². The van der Waals surface area contributed by atoms with Gasteiger partial charge in [-0.3, -0.25) is 23.9 Å². The second-order valence-electron chi connectivity index (χ2n) is 11.1. The first-order valence-corrected chi connectivity index (χ1v) is 12.8. The number of alkyl halides is 3. The normalized spacial score (nSPS) is 33.5. The molecule has 12 heteroatoms. The molecule has 3 heterocycles. The Balaban J connectivity index is 1.31. The fourth-order valence-corrected chi connectivity index (χ4v) is 6.46. The summed E-state index contributed by atoms with van der Waals surface area (Å²) in [5, 5.41) is 5.24. The van der Waals surface area contributed by atoms with Crippen molar-refractivity contribution in [2.45, 2.75) is 75.9 Å². The molecular formula is C24H32F3N3O6. The predicted molar refractivity (Wildman–Crippen MR) is 117 cm³/mol. The van der Waals surface area contributed by atoms with Crippen LogP contribution >= 0.6 is 0 Å². The van der Waals surface area contributed by atoms with Crippen LogP contribution in [0.2, 0.25) is 0 Å². The zero-order valence-corrected chi connectivity index (χ0v) is 20.0. The number of halogens is 3. The van der Waals surface area contributed by atoms with Crippen molar-refractivity contribution in [1.82, 2.24) is 15.5 Å². The topological polar surface area (TPSA) is 114 Å². The van der Waals surface area contributed by atoms with Gasteiger partial charge in [0, 0.05) is 19.0 Å². The van der Waals surface area contributed by atoms with Crippen molar-refractivity contribution in [2.75, 3.05) is 26.3 Å². The summed E-state index contributed by atoms with van der Waals surface area (Å²) in [5.74, 6) is -2.60. The molecule has 0 aromatic rings. The Bertz CT molecular complexity index is 923. The van der Waals surface area contributed by atoms with Gasteiger partial charge in [0.25, 0.3) is 5.91 Å². The van der Waals surface area contributed by atoms with E-state index in [4.69, 9.17) is 4.74 Å². The van der Waals surface area contributed by atoms with Crippen LogP contribution < -0.4 is 10.6 Å². The van der Waals surface area contributed by atoms with Crippen LogP contribution in [0, 0.1) is 23.2 Å². The van der Waals surface area contributed by atoms with Gasteiger partial charge in [0.1, 0.15) is 18.8 Å². The number of nitrogens with one attached hydrogen (secondary N) is 2. The number of Topliss-reactive ketones (excluding diaryl/α,β-unsaturated/α-hetero) is 1. The molecule has 2 N–H and O–H groups in total. The number of amides is 3. The minimum absolute atomic E-state index is 0.0813. The number of fused-ring (bicyclic) bond motifs is 1. The van der Waals surface area contributed by atoms with Crippen LogP contribution in [0.4, 0.5) is 13.2 Å². The number of likely N-dealkylation sites (tertiary alicyclic amines) is 1. The van der Waals surface area contributed by atoms with Crippen molar-refractivity contribution < 1.29 is 41.8 Å². The number of carbonyl (C=O) groups is 4. The fraction of sp³-hybridized carbons (Fsp3) is 0.833. The van der Waals surface area contributed by atoms with Gasteiger partial charge >= 0.3 is 6.36 Å². The smallest absolute Gasteiger partial charge is 0.368 e. The molecule has 36 heavy (non-hydrogen) atoms. The van der Waals surface area contributed by atoms with Crippen LogP contribution in [-0.2, 0) is 28.7 Å². The molecule has 6 atom stereocenters. The van der Waals surface area contributed by atoms with Gasteiger partial charge in [0.05, 0.1) is 12.6 Å². The fourth-order valence-electron chi connectivity index (χ4n) is 6.46. The Labute approximate surface area is 206 Å². The maximum atomic E-state index is 13.6. The maximum absolute atomic E-state index is 13.6. The van der Waals surface area contributed by atoms with Crippen LogP contribution in [0.25, 0.3) is 0 Å². The number of hydrogen-bond donors (Lipinski definition) is 2. The molecule has 5 aliphatic rings. The number of ether oxygens (including phenoxy) is 2. The van der Waals surface area contributed by atoms with Gasteiger partial charge in [-0.15, -0.1) is 13.2 Å². The van der Waals surface area contributed by atoms with E-state index in [1.165, 1.54) is 0 Å². The summed E-state index contributed by atoms with van der Waals surface area (Å²) in [6.45, 7) is 0.102. The summed E-state index contributed by atoms with van der Waals surface area (Å²) in [6, 6.07) is -2.15. The average Bonchev–Trinajstić information content (AvgIpc) is 3.20. The third-order valence-corrected chi connectivity index (χ3v) is 8.65. The molecular weight excluding hydrogens is 483 g/mol. The van der Waals surface area contributed by atoms with Gasteiger partial charge < -0.3 is 20.3 Å². The van der Waals surface area contributed by atoms with E-state index in [0.717, 1.165) is 32.1 Å². The van der Waals surface area contributed by atoms with E-state index in [9.17, 15) is 32.3 Å². The third kappa shape index (κ3) is 5.25. The standard InChI is InChI=1S/C24H32F3N3O6/c25-24(26,27)36-11-17(31)16(8-13-4-7-28-20(13)32)29-21(33)19-15-3-1-2-14(15)10-30(19)22(34)18-9-23(5-6-23)12-35-18/h13-16,18-19H,1-12H2,(H,28,32)(H,29,33)/t13-,14-,15-,16-,18?,19?/m0/s1. The quantitative estimate of drug-likeness (QED) is 0.504. The SMILES string of the molecule is O=C(N[C@@H](C[C@@H]1CCNC1=O)C(=O)COC(F)(F)F)C1[C@H]2CCC[C@H]2CN1C(=O)C1CC2(CC2)CO1. The molecule has 200 valence electrons. The lowest BCUT2D eigenvalue weighted by Crippen LogP contribution is -2.55. The molecule has 2 unspecified atom stereocenters. The van der Waals surface area contributed by atoms with Crippen molar-refractivity contribution in [2.24, 2.45) is 23.2 Å². The van der Waals surface area contributed by atoms with Gasteiger partial charge in [0.2, 0.25) is 11.8 Å². The summed E-state index contributed by atoms with van der Waals surface area (Å²) in [4.78, 5) is 53.3. The van der Waals surface area contributed by atoms with E-state index in [1.807, 2.05) is 0 Å². The lowest BCUT2D eigenvalue weighted by Gasteiger charge is -2.30. The summed E-state index contributed by atoms with van der Waals surface area (Å²) in [7, 11) is 0. The van der Waals surface area contributed by atoms with Crippen LogP contribution in [0.15, 0.2) is 0 Å². The summed E-state index contributed by atoms with van der Waals surface area (Å²) in [5.41, 5.74) is 0.0888. The Kier molecular flexibility index (Phi) is 6.78. The van der Waals surface area contributed by atoms with Gasteiger partial charge in [-0.1, -0.05) is 6.42 Å². The molecule has 3 aliphatic heterocycles. The molecule has 0 aromatic heterocycles.